The Labute approximate surface area is 181 Å². The number of carbonyl (C=O) groups excluding carboxylic acids is 1. The van der Waals surface area contributed by atoms with Gasteiger partial charge in [0.15, 0.2) is 5.69 Å². The third-order valence-corrected chi connectivity index (χ3v) is 6.27. The zero-order chi connectivity index (χ0) is 21.8. The fourth-order valence-corrected chi connectivity index (χ4v) is 4.77. The van der Waals surface area contributed by atoms with Gasteiger partial charge in [-0.15, -0.1) is 11.3 Å². The molecule has 31 heavy (non-hydrogen) atoms. The zero-order valence-corrected chi connectivity index (χ0v) is 17.6. The van der Waals surface area contributed by atoms with Crippen LogP contribution in [0.5, 0.6) is 0 Å². The summed E-state index contributed by atoms with van der Waals surface area (Å²) in [6, 6.07) is 9.15. The van der Waals surface area contributed by atoms with E-state index >= 15 is 0 Å². The van der Waals surface area contributed by atoms with Crippen LogP contribution in [0.3, 0.4) is 0 Å². The molecule has 10 heteroatoms. The Hall–Kier alpha value is -3.55. The predicted octanol–water partition coefficient (Wildman–Crippen LogP) is 2.89. The van der Waals surface area contributed by atoms with Gasteiger partial charge in [0.05, 0.1) is 22.2 Å². The molecule has 0 radical (unpaired) electrons. The molecule has 0 spiro atoms. The molecule has 1 aromatic carbocycles. The average Bonchev–Trinajstić information content (AvgIpc) is 3.48. The van der Waals surface area contributed by atoms with Crippen molar-refractivity contribution >= 4 is 27.5 Å². The van der Waals surface area contributed by atoms with Gasteiger partial charge in [-0.2, -0.15) is 10.2 Å². The standard InChI is InChI=1S/C21H18N6O3S/c1-21(2,29)20-26-13(9-22)17(30-20)19(28)27-8-7-12-15(24-10-23-12)16(27)18-25-11-5-3-4-6-14(11)31-18/h3-6,10,16,29H,7-8H2,1-2H3,(H,23,24)/t16-/m0/s1. The molecule has 5 rings (SSSR count). The molecule has 2 N–H and O–H groups in total. The maximum absolute atomic E-state index is 13.5. The van der Waals surface area contributed by atoms with Crippen molar-refractivity contribution in [1.82, 2.24) is 24.8 Å². The number of nitrogens with one attached hydrogen (secondary N) is 1. The number of aromatic nitrogens is 4. The van der Waals surface area contributed by atoms with Gasteiger partial charge in [-0.1, -0.05) is 12.1 Å². The quantitative estimate of drug-likeness (QED) is 0.507. The summed E-state index contributed by atoms with van der Waals surface area (Å²) in [6.45, 7) is 3.35. The van der Waals surface area contributed by atoms with Crippen molar-refractivity contribution in [2.24, 2.45) is 0 Å². The smallest absolute Gasteiger partial charge is 0.293 e. The number of nitriles is 1. The molecule has 0 fully saturated rings. The maximum atomic E-state index is 13.5. The van der Waals surface area contributed by atoms with Crippen molar-refractivity contribution in [2.45, 2.75) is 31.9 Å². The summed E-state index contributed by atoms with van der Waals surface area (Å²) in [5.41, 5.74) is 0.939. The fraction of sp³-hybridized carbons (Fsp3) is 0.286. The van der Waals surface area contributed by atoms with Crippen molar-refractivity contribution in [3.8, 4) is 6.07 Å². The molecular weight excluding hydrogens is 416 g/mol. The molecule has 9 nitrogen and oxygen atoms in total. The van der Waals surface area contributed by atoms with Crippen molar-refractivity contribution in [3.05, 3.63) is 64.3 Å². The number of rotatable bonds is 3. The highest BCUT2D eigenvalue weighted by molar-refractivity contribution is 7.18. The van der Waals surface area contributed by atoms with E-state index in [0.29, 0.717) is 13.0 Å². The molecule has 3 aromatic heterocycles. The Kier molecular flexibility index (Phi) is 4.39. The summed E-state index contributed by atoms with van der Waals surface area (Å²) in [4.78, 5) is 31.5. The third-order valence-electron chi connectivity index (χ3n) is 5.18. The second-order valence-corrected chi connectivity index (χ2v) is 8.87. The van der Waals surface area contributed by atoms with E-state index < -0.39 is 17.6 Å². The van der Waals surface area contributed by atoms with Gasteiger partial charge in [0, 0.05) is 18.7 Å². The monoisotopic (exact) mass is 434 g/mol. The van der Waals surface area contributed by atoms with E-state index in [1.807, 2.05) is 30.3 Å². The lowest BCUT2D eigenvalue weighted by molar-refractivity contribution is 0.0441. The molecule has 0 bridgehead atoms. The predicted molar refractivity (Wildman–Crippen MR) is 111 cm³/mol. The van der Waals surface area contributed by atoms with E-state index in [-0.39, 0.29) is 17.3 Å². The van der Waals surface area contributed by atoms with Crippen LogP contribution < -0.4 is 0 Å². The Morgan fingerprint density at radius 2 is 2.19 bits per heavy atom. The van der Waals surface area contributed by atoms with E-state index in [9.17, 15) is 15.2 Å². The minimum Gasteiger partial charge on any atom is -0.431 e. The molecule has 0 aliphatic carbocycles. The minimum atomic E-state index is -1.42. The second kappa shape index (κ2) is 7.01. The fourth-order valence-electron chi connectivity index (χ4n) is 3.69. The van der Waals surface area contributed by atoms with Gasteiger partial charge >= 0.3 is 0 Å². The number of benzene rings is 1. The molecule has 0 unspecified atom stereocenters. The van der Waals surface area contributed by atoms with Gasteiger partial charge in [-0.05, 0) is 26.0 Å². The Morgan fingerprint density at radius 3 is 2.94 bits per heavy atom. The molecule has 4 heterocycles. The molecule has 1 aliphatic rings. The summed E-state index contributed by atoms with van der Waals surface area (Å²) in [7, 11) is 0. The number of imidazole rings is 1. The van der Waals surface area contributed by atoms with Crippen LogP contribution in [-0.2, 0) is 12.0 Å². The van der Waals surface area contributed by atoms with Crippen molar-refractivity contribution in [1.29, 1.82) is 5.26 Å². The first-order valence-corrected chi connectivity index (χ1v) is 10.5. The van der Waals surface area contributed by atoms with E-state index in [0.717, 1.165) is 26.6 Å². The number of para-hydroxylation sites is 1. The Bertz CT molecular complexity index is 1310. The molecule has 156 valence electrons. The number of nitrogens with zero attached hydrogens (tertiary/aromatic N) is 5. The van der Waals surface area contributed by atoms with E-state index in [1.54, 1.807) is 11.2 Å². The Balaban J connectivity index is 1.62. The van der Waals surface area contributed by atoms with E-state index in [2.05, 4.69) is 15.0 Å². The lowest BCUT2D eigenvalue weighted by atomic mass is 10.0. The lowest BCUT2D eigenvalue weighted by Gasteiger charge is -2.33. The van der Waals surface area contributed by atoms with Gasteiger partial charge in [-0.25, -0.2) is 9.97 Å². The van der Waals surface area contributed by atoms with Crippen LogP contribution in [-0.4, -0.2) is 42.4 Å². The highest BCUT2D eigenvalue weighted by Gasteiger charge is 2.39. The first-order chi connectivity index (χ1) is 14.9. The second-order valence-electron chi connectivity index (χ2n) is 7.80. The number of H-pyrrole nitrogens is 1. The van der Waals surface area contributed by atoms with Gasteiger partial charge in [-0.3, -0.25) is 4.79 Å². The van der Waals surface area contributed by atoms with Gasteiger partial charge in [0.2, 0.25) is 11.7 Å². The molecule has 4 aromatic rings. The van der Waals surface area contributed by atoms with Crippen molar-refractivity contribution in [3.63, 3.8) is 0 Å². The number of carbonyl (C=O) groups is 1. The normalized spacial score (nSPS) is 16.3. The van der Waals surface area contributed by atoms with E-state index in [4.69, 9.17) is 9.40 Å². The van der Waals surface area contributed by atoms with Crippen molar-refractivity contribution in [2.75, 3.05) is 6.54 Å². The molecule has 0 saturated heterocycles. The third kappa shape index (κ3) is 3.19. The first kappa shape index (κ1) is 19.4. The summed E-state index contributed by atoms with van der Waals surface area (Å²) in [6.07, 6.45) is 2.19. The first-order valence-electron chi connectivity index (χ1n) is 9.69. The molecular formula is C21H18N6O3S. The van der Waals surface area contributed by atoms with Gasteiger partial charge in [0.25, 0.3) is 5.91 Å². The van der Waals surface area contributed by atoms with Crippen LogP contribution in [0.25, 0.3) is 10.2 Å². The summed E-state index contributed by atoms with van der Waals surface area (Å²) in [5, 5.41) is 20.4. The largest absolute Gasteiger partial charge is 0.431 e. The van der Waals surface area contributed by atoms with Gasteiger partial charge < -0.3 is 19.4 Å². The van der Waals surface area contributed by atoms with Gasteiger partial charge in [0.1, 0.15) is 22.7 Å². The summed E-state index contributed by atoms with van der Waals surface area (Å²) in [5.74, 6) is -0.761. The number of fused-ring (bicyclic) bond motifs is 2. The van der Waals surface area contributed by atoms with Crippen LogP contribution in [0.1, 0.15) is 58.4 Å². The number of hydrogen-bond acceptors (Lipinski definition) is 8. The SMILES string of the molecule is CC(C)(O)c1nc(C#N)c(C(=O)N2CCc3[nH]cnc3[C@H]2c2nc3ccccc3s2)o1. The number of amides is 1. The number of oxazole rings is 1. The average molecular weight is 434 g/mol. The number of thiazole rings is 1. The highest BCUT2D eigenvalue weighted by atomic mass is 32.1. The van der Waals surface area contributed by atoms with Crippen LogP contribution >= 0.6 is 11.3 Å². The lowest BCUT2D eigenvalue weighted by Crippen LogP contribution is -2.41. The maximum Gasteiger partial charge on any atom is 0.293 e. The van der Waals surface area contributed by atoms with Crippen molar-refractivity contribution < 1.29 is 14.3 Å². The summed E-state index contributed by atoms with van der Waals surface area (Å²) >= 11 is 1.50. The zero-order valence-electron chi connectivity index (χ0n) is 16.8. The molecule has 1 amide bonds. The van der Waals surface area contributed by atoms with Crippen LogP contribution in [0.2, 0.25) is 0 Å². The molecule has 1 aliphatic heterocycles. The van der Waals surface area contributed by atoms with Crippen LogP contribution in [0, 0.1) is 11.3 Å². The number of hydrogen-bond donors (Lipinski definition) is 2. The Morgan fingerprint density at radius 1 is 1.39 bits per heavy atom. The number of aliphatic hydroxyl groups is 1. The molecule has 0 saturated carbocycles. The molecule has 1 atom stereocenters. The summed E-state index contributed by atoms with van der Waals surface area (Å²) < 4.78 is 6.59. The van der Waals surface area contributed by atoms with Crippen LogP contribution in [0.15, 0.2) is 35.0 Å². The highest BCUT2D eigenvalue weighted by Crippen LogP contribution is 2.38. The minimum absolute atomic E-state index is 0.0820. The topological polar surface area (TPSA) is 132 Å². The number of aromatic amines is 1. The van der Waals surface area contributed by atoms with Crippen LogP contribution in [0.4, 0.5) is 0 Å². The van der Waals surface area contributed by atoms with E-state index in [1.165, 1.54) is 25.2 Å².